The molecule has 2 heteroatoms. The van der Waals surface area contributed by atoms with Crippen molar-refractivity contribution in [1.29, 1.82) is 0 Å². The monoisotopic (exact) mass is 205 g/mol. The fraction of sp³-hybridized carbons (Fsp3) is 0.615. The molecule has 15 heavy (non-hydrogen) atoms. The molecule has 0 radical (unpaired) electrons. The fourth-order valence-corrected chi connectivity index (χ4v) is 2.50. The summed E-state index contributed by atoms with van der Waals surface area (Å²) in [5, 5.41) is 11.9. The van der Waals surface area contributed by atoms with Gasteiger partial charge in [-0.1, -0.05) is 25.7 Å². The van der Waals surface area contributed by atoms with Gasteiger partial charge in [0, 0.05) is 25.0 Å². The van der Waals surface area contributed by atoms with E-state index in [1.54, 1.807) is 0 Å². The van der Waals surface area contributed by atoms with Gasteiger partial charge in [0.1, 0.15) is 0 Å². The van der Waals surface area contributed by atoms with Gasteiger partial charge in [0.2, 0.25) is 0 Å². The second kappa shape index (κ2) is 4.65. The smallest absolute Gasteiger partial charge is 0.196 e. The van der Waals surface area contributed by atoms with E-state index in [0.29, 0.717) is 5.92 Å². The van der Waals surface area contributed by atoms with Crippen molar-refractivity contribution in [1.82, 2.24) is 0 Å². The summed E-state index contributed by atoms with van der Waals surface area (Å²) in [6.45, 7) is 1.88. The van der Waals surface area contributed by atoms with E-state index in [1.165, 1.54) is 38.5 Å². The molecule has 0 bridgehead atoms. The number of hydrogen-bond acceptors (Lipinski definition) is 1. The van der Waals surface area contributed by atoms with Gasteiger partial charge in [0.25, 0.3) is 0 Å². The van der Waals surface area contributed by atoms with Crippen LogP contribution in [0.2, 0.25) is 0 Å². The van der Waals surface area contributed by atoms with Crippen LogP contribution in [0.3, 0.4) is 0 Å². The minimum atomic E-state index is 0.491. The molecule has 1 fully saturated rings. The van der Waals surface area contributed by atoms with E-state index in [-0.39, 0.29) is 0 Å². The molecule has 2 rings (SSSR count). The molecule has 0 saturated heterocycles. The molecule has 0 atom stereocenters. The van der Waals surface area contributed by atoms with Crippen molar-refractivity contribution in [2.75, 3.05) is 0 Å². The second-order valence-electron chi connectivity index (χ2n) is 4.57. The highest BCUT2D eigenvalue weighted by atomic mass is 16.5. The van der Waals surface area contributed by atoms with Crippen molar-refractivity contribution in [2.45, 2.75) is 51.4 Å². The van der Waals surface area contributed by atoms with Crippen LogP contribution in [0.1, 0.15) is 55.8 Å². The molecule has 0 aliphatic heterocycles. The average Bonchev–Trinajstić information content (AvgIpc) is 2.50. The van der Waals surface area contributed by atoms with E-state index in [9.17, 15) is 5.21 Å². The van der Waals surface area contributed by atoms with Crippen molar-refractivity contribution in [2.24, 2.45) is 0 Å². The molecule has 1 aromatic heterocycles. The highest BCUT2D eigenvalue weighted by molar-refractivity contribution is 5.08. The van der Waals surface area contributed by atoms with E-state index in [4.69, 9.17) is 0 Å². The Labute approximate surface area is 91.5 Å². The second-order valence-corrected chi connectivity index (χ2v) is 4.57. The van der Waals surface area contributed by atoms with E-state index in [0.717, 1.165) is 16.1 Å². The zero-order valence-corrected chi connectivity index (χ0v) is 9.41. The van der Waals surface area contributed by atoms with E-state index < -0.39 is 0 Å². The van der Waals surface area contributed by atoms with Crippen LogP contribution in [0.4, 0.5) is 0 Å². The number of aromatic nitrogens is 1. The van der Waals surface area contributed by atoms with Crippen LogP contribution in [0.5, 0.6) is 0 Å². The zero-order chi connectivity index (χ0) is 10.7. The van der Waals surface area contributed by atoms with Crippen LogP contribution in [0.15, 0.2) is 18.2 Å². The lowest BCUT2D eigenvalue weighted by atomic mass is 9.96. The van der Waals surface area contributed by atoms with E-state index in [2.05, 4.69) is 0 Å². The molecule has 0 N–H and O–H groups in total. The summed E-state index contributed by atoms with van der Waals surface area (Å²) in [6, 6.07) is 5.88. The maximum atomic E-state index is 11.9. The van der Waals surface area contributed by atoms with Crippen LogP contribution in [-0.4, -0.2) is 0 Å². The topological polar surface area (TPSA) is 26.9 Å². The molecule has 0 aromatic carbocycles. The minimum Gasteiger partial charge on any atom is -0.618 e. The largest absolute Gasteiger partial charge is 0.618 e. The first-order valence-electron chi connectivity index (χ1n) is 5.98. The molecule has 1 heterocycles. The molecule has 1 saturated carbocycles. The van der Waals surface area contributed by atoms with Gasteiger partial charge >= 0.3 is 0 Å². The summed E-state index contributed by atoms with van der Waals surface area (Å²) in [5.74, 6) is 0.491. The Bertz CT molecular complexity index is 327. The normalized spacial score (nSPS) is 18.7. The van der Waals surface area contributed by atoms with Crippen LogP contribution in [0, 0.1) is 12.1 Å². The molecule has 1 aliphatic rings. The van der Waals surface area contributed by atoms with Gasteiger partial charge in [-0.05, 0) is 18.9 Å². The number of rotatable bonds is 1. The van der Waals surface area contributed by atoms with Crippen molar-refractivity contribution >= 4 is 0 Å². The summed E-state index contributed by atoms with van der Waals surface area (Å²) in [6.07, 6.45) is 7.59. The fourth-order valence-electron chi connectivity index (χ4n) is 2.50. The quantitative estimate of drug-likeness (QED) is 0.393. The molecule has 0 amide bonds. The minimum absolute atomic E-state index is 0.491. The lowest BCUT2D eigenvalue weighted by molar-refractivity contribution is -0.622. The maximum absolute atomic E-state index is 11.9. The molecule has 1 aliphatic carbocycles. The molecule has 1 aromatic rings. The molecule has 0 unspecified atom stereocenters. The van der Waals surface area contributed by atoms with Gasteiger partial charge in [-0.3, -0.25) is 0 Å². The third kappa shape index (κ3) is 2.31. The van der Waals surface area contributed by atoms with Crippen LogP contribution < -0.4 is 4.73 Å². The average molecular weight is 205 g/mol. The molecule has 0 spiro atoms. The number of nitrogens with zero attached hydrogens (tertiary/aromatic N) is 1. The number of hydrogen-bond donors (Lipinski definition) is 0. The Hall–Kier alpha value is -1.05. The van der Waals surface area contributed by atoms with Gasteiger partial charge in [0.15, 0.2) is 11.4 Å². The Morgan fingerprint density at radius 2 is 1.80 bits per heavy atom. The SMILES string of the molecule is Cc1cccc(C2CCCCCC2)[n+]1[O-]. The summed E-state index contributed by atoms with van der Waals surface area (Å²) in [7, 11) is 0. The van der Waals surface area contributed by atoms with Gasteiger partial charge in [-0.25, -0.2) is 0 Å². The first-order valence-corrected chi connectivity index (χ1v) is 5.98. The van der Waals surface area contributed by atoms with Crippen LogP contribution in [0.25, 0.3) is 0 Å². The van der Waals surface area contributed by atoms with Gasteiger partial charge in [0.05, 0.1) is 0 Å². The third-order valence-electron chi connectivity index (χ3n) is 3.43. The summed E-state index contributed by atoms with van der Waals surface area (Å²) in [4.78, 5) is 0. The lowest BCUT2D eigenvalue weighted by Crippen LogP contribution is -2.36. The predicted molar refractivity (Wildman–Crippen MR) is 60.6 cm³/mol. The first kappa shape index (κ1) is 10.5. The third-order valence-corrected chi connectivity index (χ3v) is 3.43. The lowest BCUT2D eigenvalue weighted by Gasteiger charge is -2.14. The van der Waals surface area contributed by atoms with Crippen molar-refractivity contribution in [3.8, 4) is 0 Å². The molecule has 2 nitrogen and oxygen atoms in total. The van der Waals surface area contributed by atoms with Crippen LogP contribution in [-0.2, 0) is 0 Å². The zero-order valence-electron chi connectivity index (χ0n) is 9.41. The van der Waals surface area contributed by atoms with Gasteiger partial charge < -0.3 is 5.21 Å². The van der Waals surface area contributed by atoms with Crippen molar-refractivity contribution in [3.63, 3.8) is 0 Å². The summed E-state index contributed by atoms with van der Waals surface area (Å²) in [5.41, 5.74) is 1.80. The number of pyridine rings is 1. The van der Waals surface area contributed by atoms with Crippen molar-refractivity contribution < 1.29 is 4.73 Å². The summed E-state index contributed by atoms with van der Waals surface area (Å²) < 4.78 is 1.12. The molecule has 82 valence electrons. The Morgan fingerprint density at radius 1 is 1.13 bits per heavy atom. The van der Waals surface area contributed by atoms with Gasteiger partial charge in [-0.15, -0.1) is 0 Å². The highest BCUT2D eigenvalue weighted by Crippen LogP contribution is 2.29. The Kier molecular flexibility index (Phi) is 3.24. The van der Waals surface area contributed by atoms with Crippen LogP contribution >= 0.6 is 0 Å². The van der Waals surface area contributed by atoms with Crippen molar-refractivity contribution in [3.05, 3.63) is 34.8 Å². The van der Waals surface area contributed by atoms with Gasteiger partial charge in [-0.2, -0.15) is 4.73 Å². The Morgan fingerprint density at radius 3 is 2.47 bits per heavy atom. The van der Waals surface area contributed by atoms with E-state index >= 15 is 0 Å². The predicted octanol–water partition coefficient (Wildman–Crippen LogP) is 3.07. The number of aryl methyl sites for hydroxylation is 1. The summed E-state index contributed by atoms with van der Waals surface area (Å²) >= 11 is 0. The Balaban J connectivity index is 2.23. The maximum Gasteiger partial charge on any atom is 0.196 e. The standard InChI is InChI=1S/C13H19NO/c1-11-7-6-10-13(14(11)15)12-8-4-2-3-5-9-12/h6-7,10,12H,2-5,8-9H2,1H3. The highest BCUT2D eigenvalue weighted by Gasteiger charge is 2.21. The molecular weight excluding hydrogens is 186 g/mol. The first-order chi connectivity index (χ1) is 7.29. The van der Waals surface area contributed by atoms with E-state index in [1.807, 2.05) is 25.1 Å². The molecular formula is C13H19NO.